The third-order valence-electron chi connectivity index (χ3n) is 1.64. The Bertz CT molecular complexity index is 235. The van der Waals surface area contributed by atoms with E-state index >= 15 is 0 Å². The summed E-state index contributed by atoms with van der Waals surface area (Å²) in [5, 5.41) is 1.78. The predicted octanol–water partition coefficient (Wildman–Crippen LogP) is 2.96. The van der Waals surface area contributed by atoms with Crippen molar-refractivity contribution in [2.24, 2.45) is 7.05 Å². The standard InChI is InChI=1S/C8H14N2S2/c1-4-7(2)11-12-8-9-5-6-10(8)3/h5-7H,4H2,1-3H3. The molecule has 4 heteroatoms. The third-order valence-corrected chi connectivity index (χ3v) is 4.66. The minimum Gasteiger partial charge on any atom is -0.328 e. The van der Waals surface area contributed by atoms with Crippen molar-refractivity contribution in [1.82, 2.24) is 9.55 Å². The third kappa shape index (κ3) is 2.75. The number of nitrogens with zero attached hydrogens (tertiary/aromatic N) is 2. The van der Waals surface area contributed by atoms with Crippen LogP contribution >= 0.6 is 21.6 Å². The lowest BCUT2D eigenvalue weighted by atomic mass is 10.4. The summed E-state index contributed by atoms with van der Waals surface area (Å²) in [6.07, 6.45) is 5.01. The van der Waals surface area contributed by atoms with Crippen molar-refractivity contribution >= 4 is 21.6 Å². The van der Waals surface area contributed by atoms with Crippen LogP contribution in [0.1, 0.15) is 20.3 Å². The molecule has 1 atom stereocenters. The number of aromatic nitrogens is 2. The number of hydrogen-bond donors (Lipinski definition) is 0. The Kier molecular flexibility index (Phi) is 4.01. The van der Waals surface area contributed by atoms with E-state index in [1.807, 2.05) is 34.8 Å². The molecule has 12 heavy (non-hydrogen) atoms. The van der Waals surface area contributed by atoms with Crippen LogP contribution in [-0.2, 0) is 7.05 Å². The van der Waals surface area contributed by atoms with Crippen LogP contribution < -0.4 is 0 Å². The Morgan fingerprint density at radius 1 is 1.67 bits per heavy atom. The van der Waals surface area contributed by atoms with Crippen molar-refractivity contribution in [3.8, 4) is 0 Å². The highest BCUT2D eigenvalue weighted by molar-refractivity contribution is 8.76. The summed E-state index contributed by atoms with van der Waals surface area (Å²) in [6, 6.07) is 0. The van der Waals surface area contributed by atoms with Gasteiger partial charge in [0.1, 0.15) is 0 Å². The molecule has 1 heterocycles. The summed E-state index contributed by atoms with van der Waals surface area (Å²) < 4.78 is 2.04. The van der Waals surface area contributed by atoms with E-state index in [2.05, 4.69) is 18.8 Å². The molecule has 0 radical (unpaired) electrons. The minimum atomic E-state index is 0.701. The molecule has 0 amide bonds. The van der Waals surface area contributed by atoms with Crippen LogP contribution in [0.15, 0.2) is 17.6 Å². The van der Waals surface area contributed by atoms with E-state index in [1.165, 1.54) is 6.42 Å². The topological polar surface area (TPSA) is 17.8 Å². The number of aryl methyl sites for hydroxylation is 1. The highest BCUT2D eigenvalue weighted by atomic mass is 33.1. The van der Waals surface area contributed by atoms with Gasteiger partial charge in [0.25, 0.3) is 0 Å². The largest absolute Gasteiger partial charge is 0.328 e. The normalized spacial score (nSPS) is 13.2. The zero-order chi connectivity index (χ0) is 8.97. The van der Waals surface area contributed by atoms with Crippen molar-refractivity contribution in [2.75, 3.05) is 0 Å². The molecule has 0 aliphatic rings. The minimum absolute atomic E-state index is 0.701. The maximum atomic E-state index is 4.23. The molecule has 68 valence electrons. The van der Waals surface area contributed by atoms with E-state index in [0.717, 1.165) is 5.16 Å². The fourth-order valence-electron chi connectivity index (χ4n) is 0.625. The van der Waals surface area contributed by atoms with Crippen LogP contribution in [0.3, 0.4) is 0 Å². The quantitative estimate of drug-likeness (QED) is 0.699. The Labute approximate surface area is 81.5 Å². The summed E-state index contributed by atoms with van der Waals surface area (Å²) in [5.74, 6) is 0. The van der Waals surface area contributed by atoms with Crippen LogP contribution in [-0.4, -0.2) is 14.8 Å². The Balaban J connectivity index is 2.38. The van der Waals surface area contributed by atoms with Gasteiger partial charge in [0, 0.05) is 24.7 Å². The summed E-state index contributed by atoms with van der Waals surface area (Å²) in [4.78, 5) is 4.23. The summed E-state index contributed by atoms with van der Waals surface area (Å²) in [5.41, 5.74) is 0. The average Bonchev–Trinajstić information content (AvgIpc) is 2.47. The molecule has 0 bridgehead atoms. The maximum absolute atomic E-state index is 4.23. The molecule has 0 aliphatic heterocycles. The van der Waals surface area contributed by atoms with Crippen molar-refractivity contribution in [3.05, 3.63) is 12.4 Å². The molecule has 0 aromatic carbocycles. The van der Waals surface area contributed by atoms with Gasteiger partial charge in [-0.05, 0) is 17.2 Å². The summed E-state index contributed by atoms with van der Waals surface area (Å²) >= 11 is 0. The highest BCUT2D eigenvalue weighted by Gasteiger charge is 2.04. The van der Waals surface area contributed by atoms with Gasteiger partial charge in [-0.1, -0.05) is 24.6 Å². The van der Waals surface area contributed by atoms with Crippen LogP contribution in [0.5, 0.6) is 0 Å². The van der Waals surface area contributed by atoms with Crippen LogP contribution in [0.25, 0.3) is 0 Å². The first-order valence-corrected chi connectivity index (χ1v) is 6.26. The lowest BCUT2D eigenvalue weighted by Crippen LogP contribution is -1.91. The summed E-state index contributed by atoms with van der Waals surface area (Å²) in [6.45, 7) is 4.44. The zero-order valence-electron chi connectivity index (χ0n) is 7.65. The lowest BCUT2D eigenvalue weighted by molar-refractivity contribution is 0.793. The fourth-order valence-corrected chi connectivity index (χ4v) is 2.94. The van der Waals surface area contributed by atoms with Gasteiger partial charge >= 0.3 is 0 Å². The molecule has 0 spiro atoms. The number of rotatable bonds is 4. The van der Waals surface area contributed by atoms with Gasteiger partial charge in [0.2, 0.25) is 0 Å². The number of hydrogen-bond acceptors (Lipinski definition) is 3. The van der Waals surface area contributed by atoms with E-state index in [0.29, 0.717) is 5.25 Å². The molecular formula is C8H14N2S2. The zero-order valence-corrected chi connectivity index (χ0v) is 9.28. The van der Waals surface area contributed by atoms with E-state index in [-0.39, 0.29) is 0 Å². The molecule has 0 aliphatic carbocycles. The molecule has 0 saturated carbocycles. The van der Waals surface area contributed by atoms with Gasteiger partial charge in [-0.25, -0.2) is 4.98 Å². The fraction of sp³-hybridized carbons (Fsp3) is 0.625. The Morgan fingerprint density at radius 2 is 2.42 bits per heavy atom. The monoisotopic (exact) mass is 202 g/mol. The lowest BCUT2D eigenvalue weighted by Gasteiger charge is -2.05. The van der Waals surface area contributed by atoms with Crippen molar-refractivity contribution < 1.29 is 0 Å². The van der Waals surface area contributed by atoms with Gasteiger partial charge in [-0.2, -0.15) is 0 Å². The van der Waals surface area contributed by atoms with Gasteiger partial charge in [0.15, 0.2) is 5.16 Å². The van der Waals surface area contributed by atoms with Gasteiger partial charge in [-0.3, -0.25) is 0 Å². The second-order valence-corrected chi connectivity index (χ2v) is 5.33. The molecule has 2 nitrogen and oxygen atoms in total. The second-order valence-electron chi connectivity index (χ2n) is 2.72. The molecule has 0 fully saturated rings. The highest BCUT2D eigenvalue weighted by Crippen LogP contribution is 2.33. The van der Waals surface area contributed by atoms with E-state index in [1.54, 1.807) is 10.8 Å². The maximum Gasteiger partial charge on any atom is 0.178 e. The Hall–Kier alpha value is -0.0900. The molecule has 1 aromatic rings. The average molecular weight is 202 g/mol. The molecule has 1 aromatic heterocycles. The predicted molar refractivity (Wildman–Crippen MR) is 56.4 cm³/mol. The summed E-state index contributed by atoms with van der Waals surface area (Å²) in [7, 11) is 5.66. The van der Waals surface area contributed by atoms with Crippen LogP contribution in [0, 0.1) is 0 Å². The molecule has 0 N–H and O–H groups in total. The van der Waals surface area contributed by atoms with Crippen molar-refractivity contribution in [1.29, 1.82) is 0 Å². The molecule has 0 saturated heterocycles. The molecular weight excluding hydrogens is 188 g/mol. The molecule has 1 rings (SSSR count). The SMILES string of the molecule is CCC(C)SSc1nccn1C. The smallest absolute Gasteiger partial charge is 0.178 e. The molecule has 1 unspecified atom stereocenters. The van der Waals surface area contributed by atoms with Gasteiger partial charge in [0.05, 0.1) is 0 Å². The first kappa shape index (κ1) is 9.99. The van der Waals surface area contributed by atoms with Gasteiger partial charge in [-0.15, -0.1) is 0 Å². The first-order chi connectivity index (χ1) is 5.74. The van der Waals surface area contributed by atoms with Crippen LogP contribution in [0.4, 0.5) is 0 Å². The van der Waals surface area contributed by atoms with Crippen molar-refractivity contribution in [2.45, 2.75) is 30.7 Å². The van der Waals surface area contributed by atoms with Crippen LogP contribution in [0.2, 0.25) is 0 Å². The van der Waals surface area contributed by atoms with Crippen molar-refractivity contribution in [3.63, 3.8) is 0 Å². The van der Waals surface area contributed by atoms with Gasteiger partial charge < -0.3 is 4.57 Å². The number of imidazole rings is 1. The Morgan fingerprint density at radius 3 is 2.92 bits per heavy atom. The van der Waals surface area contributed by atoms with E-state index < -0.39 is 0 Å². The van der Waals surface area contributed by atoms with E-state index in [9.17, 15) is 0 Å². The van der Waals surface area contributed by atoms with E-state index in [4.69, 9.17) is 0 Å². The first-order valence-electron chi connectivity index (χ1n) is 4.04. The second kappa shape index (κ2) is 4.82.